The van der Waals surface area contributed by atoms with Crippen molar-refractivity contribution in [2.24, 2.45) is 0 Å². The zero-order valence-corrected chi connectivity index (χ0v) is 17.2. The number of hydroxylamine groups is 1. The average molecular weight is 437 g/mol. The maximum Gasteiger partial charge on any atom is 0.268 e. The molecule has 154 valence electrons. The fourth-order valence-electron chi connectivity index (χ4n) is 3.02. The van der Waals surface area contributed by atoms with Crippen LogP contribution in [0.2, 0.25) is 0 Å². The third-order valence-electron chi connectivity index (χ3n) is 4.34. The average Bonchev–Trinajstić information content (AvgIpc) is 2.69. The molecule has 0 radical (unpaired) electrons. The molecule has 10 heteroatoms. The van der Waals surface area contributed by atoms with E-state index in [2.05, 4.69) is 23.7 Å². The summed E-state index contributed by atoms with van der Waals surface area (Å²) in [4.78, 5) is 25.3. The molecule has 1 heterocycles. The Labute approximate surface area is 173 Å². The molecule has 1 aromatic rings. The van der Waals surface area contributed by atoms with Crippen molar-refractivity contribution in [2.75, 3.05) is 29.3 Å². The molecular formula is C19H20N2O6S2. The minimum absolute atomic E-state index is 0.0354. The number of nitrogens with zero attached hydrogens (tertiary/aromatic N) is 1. The summed E-state index contributed by atoms with van der Waals surface area (Å²) in [5.41, 5.74) is 2.51. The van der Waals surface area contributed by atoms with Crippen molar-refractivity contribution in [2.45, 2.75) is 17.2 Å². The van der Waals surface area contributed by atoms with Gasteiger partial charge in [0.25, 0.3) is 5.91 Å². The number of aliphatic hydroxyl groups excluding tert-OH is 1. The number of hydrogen-bond acceptors (Lipinski definition) is 7. The van der Waals surface area contributed by atoms with Crippen LogP contribution in [0.15, 0.2) is 24.3 Å². The highest BCUT2D eigenvalue weighted by Gasteiger charge is 2.58. The Morgan fingerprint density at radius 1 is 1.34 bits per heavy atom. The molecule has 2 rings (SSSR count). The maximum absolute atomic E-state index is 12.4. The number of rotatable bonds is 7. The highest BCUT2D eigenvalue weighted by atomic mass is 32.2. The molecule has 0 aromatic heterocycles. The van der Waals surface area contributed by atoms with E-state index in [9.17, 15) is 18.0 Å². The highest BCUT2D eigenvalue weighted by Crippen LogP contribution is 2.42. The van der Waals surface area contributed by atoms with Crippen LogP contribution in [0.3, 0.4) is 0 Å². The van der Waals surface area contributed by atoms with Crippen molar-refractivity contribution in [3.8, 4) is 23.7 Å². The number of sulfone groups is 1. The van der Waals surface area contributed by atoms with Crippen molar-refractivity contribution < 1.29 is 28.3 Å². The smallest absolute Gasteiger partial charge is 0.268 e. The van der Waals surface area contributed by atoms with Crippen molar-refractivity contribution in [3.05, 3.63) is 29.8 Å². The number of nitrogens with one attached hydrogen (secondary N) is 1. The number of carbonyl (C=O) groups is 2. The maximum atomic E-state index is 12.4. The molecule has 0 aliphatic carbocycles. The summed E-state index contributed by atoms with van der Waals surface area (Å²) in [5, 5.41) is 17.8. The predicted molar refractivity (Wildman–Crippen MR) is 110 cm³/mol. The van der Waals surface area contributed by atoms with Gasteiger partial charge in [-0.05, 0) is 42.4 Å². The number of carbonyl (C=O) groups excluding carboxylic acids is 2. The van der Waals surface area contributed by atoms with Crippen LogP contribution in [0.1, 0.15) is 12.0 Å². The summed E-state index contributed by atoms with van der Waals surface area (Å²) in [5.74, 6) is 9.29. The molecule has 1 saturated heterocycles. The van der Waals surface area contributed by atoms with E-state index >= 15 is 0 Å². The monoisotopic (exact) mass is 436 g/mol. The van der Waals surface area contributed by atoms with Gasteiger partial charge in [-0.25, -0.2) is 13.9 Å². The van der Waals surface area contributed by atoms with Crippen molar-refractivity contribution in [3.63, 3.8) is 0 Å². The molecule has 1 atom stereocenters. The number of anilines is 1. The van der Waals surface area contributed by atoms with E-state index in [0.717, 1.165) is 4.90 Å². The van der Waals surface area contributed by atoms with Crippen LogP contribution in [0.5, 0.6) is 0 Å². The number of benzene rings is 1. The first kappa shape index (κ1) is 22.8. The number of hydrogen-bond donors (Lipinski definition) is 3. The van der Waals surface area contributed by atoms with Gasteiger partial charge in [-0.3, -0.25) is 14.8 Å². The lowest BCUT2D eigenvalue weighted by Gasteiger charge is -2.47. The Kier molecular flexibility index (Phi) is 7.71. The third-order valence-corrected chi connectivity index (χ3v) is 7.94. The van der Waals surface area contributed by atoms with Gasteiger partial charge in [0.15, 0.2) is 9.84 Å². The van der Waals surface area contributed by atoms with E-state index in [1.165, 1.54) is 17.2 Å². The number of amides is 2. The SMILES string of the molecule is CSC1(C(C(=O)NO)N(C=O)c2ccc(C#CC#CCCO)cc2)CS(=O)(=O)C1. The van der Waals surface area contributed by atoms with E-state index < -0.39 is 26.5 Å². The van der Waals surface area contributed by atoms with Gasteiger partial charge in [0.05, 0.1) is 22.9 Å². The molecular weight excluding hydrogens is 416 g/mol. The lowest BCUT2D eigenvalue weighted by atomic mass is 9.98. The Bertz CT molecular complexity index is 972. The Hall–Kier alpha value is -2.50. The van der Waals surface area contributed by atoms with E-state index in [1.54, 1.807) is 30.5 Å². The van der Waals surface area contributed by atoms with Crippen LogP contribution in [0.4, 0.5) is 5.69 Å². The van der Waals surface area contributed by atoms with Crippen LogP contribution >= 0.6 is 11.8 Å². The molecule has 3 N–H and O–H groups in total. The Balaban J connectivity index is 2.33. The van der Waals surface area contributed by atoms with Crippen molar-refractivity contribution in [1.29, 1.82) is 0 Å². The standard InChI is InChI=1S/C19H20N2O6S2/c1-28-19(12-29(26,27)13-19)17(18(24)20-25)21(14-23)16-9-7-15(8-10-16)6-4-2-3-5-11-22/h7-10,14,17,22,25H,5,11-13H2,1H3,(H,20,24). The molecule has 0 bridgehead atoms. The minimum Gasteiger partial charge on any atom is -0.395 e. The molecule has 0 spiro atoms. The van der Waals surface area contributed by atoms with Gasteiger partial charge in [-0.1, -0.05) is 11.8 Å². The normalized spacial score (nSPS) is 16.7. The molecule has 8 nitrogen and oxygen atoms in total. The van der Waals surface area contributed by atoms with E-state index in [4.69, 9.17) is 10.3 Å². The van der Waals surface area contributed by atoms with E-state index in [0.29, 0.717) is 24.1 Å². The Morgan fingerprint density at radius 3 is 2.48 bits per heavy atom. The van der Waals surface area contributed by atoms with E-state index in [1.807, 2.05) is 0 Å². The van der Waals surface area contributed by atoms with Crippen LogP contribution < -0.4 is 10.4 Å². The molecule has 1 aliphatic heterocycles. The summed E-state index contributed by atoms with van der Waals surface area (Å²) in [6.07, 6.45) is 2.43. The zero-order valence-electron chi connectivity index (χ0n) is 15.6. The fourth-order valence-corrected chi connectivity index (χ4v) is 7.21. The van der Waals surface area contributed by atoms with Crippen LogP contribution in [0.25, 0.3) is 0 Å². The van der Waals surface area contributed by atoms with Crippen LogP contribution in [-0.4, -0.2) is 66.2 Å². The fraction of sp³-hybridized carbons (Fsp3) is 0.368. The first-order chi connectivity index (χ1) is 13.8. The van der Waals surface area contributed by atoms with Gasteiger partial charge in [-0.2, -0.15) is 11.8 Å². The van der Waals surface area contributed by atoms with Gasteiger partial charge in [0.2, 0.25) is 6.41 Å². The van der Waals surface area contributed by atoms with Gasteiger partial charge in [0, 0.05) is 17.7 Å². The first-order valence-electron chi connectivity index (χ1n) is 8.45. The van der Waals surface area contributed by atoms with Crippen molar-refractivity contribution >= 4 is 39.6 Å². The zero-order chi connectivity index (χ0) is 21.5. The first-order valence-corrected chi connectivity index (χ1v) is 11.5. The minimum atomic E-state index is -3.31. The third kappa shape index (κ3) is 5.31. The molecule has 1 aromatic carbocycles. The van der Waals surface area contributed by atoms with Gasteiger partial charge in [0.1, 0.15) is 6.04 Å². The second-order valence-corrected chi connectivity index (χ2v) is 9.55. The molecule has 0 saturated carbocycles. The largest absolute Gasteiger partial charge is 0.395 e. The molecule has 29 heavy (non-hydrogen) atoms. The van der Waals surface area contributed by atoms with E-state index in [-0.39, 0.29) is 18.1 Å². The topological polar surface area (TPSA) is 124 Å². The highest BCUT2D eigenvalue weighted by molar-refractivity contribution is 8.04. The molecule has 1 aliphatic rings. The second-order valence-electron chi connectivity index (χ2n) is 6.26. The van der Waals surface area contributed by atoms with Gasteiger partial charge >= 0.3 is 0 Å². The Morgan fingerprint density at radius 2 is 2.00 bits per heavy atom. The summed E-state index contributed by atoms with van der Waals surface area (Å²) < 4.78 is 22.5. The van der Waals surface area contributed by atoms with Crippen LogP contribution in [-0.2, 0) is 19.4 Å². The summed E-state index contributed by atoms with van der Waals surface area (Å²) in [6.45, 7) is -0.0354. The van der Waals surface area contributed by atoms with Crippen molar-refractivity contribution in [1.82, 2.24) is 5.48 Å². The summed E-state index contributed by atoms with van der Waals surface area (Å²) >= 11 is 1.17. The lowest BCUT2D eigenvalue weighted by Crippen LogP contribution is -2.68. The quantitative estimate of drug-likeness (QED) is 0.234. The number of thioether (sulfide) groups is 1. The van der Waals surface area contributed by atoms with Crippen LogP contribution in [0, 0.1) is 23.7 Å². The van der Waals surface area contributed by atoms with Gasteiger partial charge < -0.3 is 10.0 Å². The lowest BCUT2D eigenvalue weighted by molar-refractivity contribution is -0.132. The summed E-state index contributed by atoms with van der Waals surface area (Å²) in [6, 6.07) is 5.18. The number of aliphatic hydroxyl groups is 1. The predicted octanol–water partition coefficient (Wildman–Crippen LogP) is -0.209. The second kappa shape index (κ2) is 9.81. The van der Waals surface area contributed by atoms with Gasteiger partial charge in [-0.15, -0.1) is 0 Å². The summed E-state index contributed by atoms with van der Waals surface area (Å²) in [7, 11) is -3.31. The molecule has 1 fully saturated rings. The molecule has 1 unspecified atom stereocenters. The molecule has 2 amide bonds.